The van der Waals surface area contributed by atoms with Gasteiger partial charge in [0, 0.05) is 13.1 Å². The number of fused-ring (bicyclic) bond motifs is 1. The lowest BCUT2D eigenvalue weighted by atomic mass is 10.1. The Kier molecular flexibility index (Phi) is 3.01. The first-order chi connectivity index (χ1) is 7.61. The van der Waals surface area contributed by atoms with Crippen molar-refractivity contribution in [2.24, 2.45) is 5.92 Å². The number of nitrogens with one attached hydrogen (secondary N) is 1. The summed E-state index contributed by atoms with van der Waals surface area (Å²) in [5.74, 6) is 0.738. The second-order valence-electron chi connectivity index (χ2n) is 3.93. The number of aromatic nitrogens is 1. The summed E-state index contributed by atoms with van der Waals surface area (Å²) in [6.07, 6.45) is 0. The van der Waals surface area contributed by atoms with E-state index >= 15 is 0 Å². The van der Waals surface area contributed by atoms with Crippen LogP contribution in [0.2, 0.25) is 5.15 Å². The summed E-state index contributed by atoms with van der Waals surface area (Å²) in [7, 11) is 0. The van der Waals surface area contributed by atoms with Gasteiger partial charge in [-0.1, -0.05) is 18.5 Å². The van der Waals surface area contributed by atoms with Gasteiger partial charge < -0.3 is 10.2 Å². The summed E-state index contributed by atoms with van der Waals surface area (Å²) < 4.78 is 0. The molecule has 5 heteroatoms. The molecule has 1 aromatic rings. The number of nitrogens with zero attached hydrogens (tertiary/aromatic N) is 2. The maximum absolute atomic E-state index is 11.7. The highest BCUT2D eigenvalue weighted by Crippen LogP contribution is 2.29. The Morgan fingerprint density at radius 1 is 1.62 bits per heavy atom. The largest absolute Gasteiger partial charge is 0.354 e. The van der Waals surface area contributed by atoms with Crippen LogP contribution in [0.15, 0.2) is 12.1 Å². The van der Waals surface area contributed by atoms with Crippen LogP contribution in [-0.4, -0.2) is 24.0 Å². The first-order valence-corrected chi connectivity index (χ1v) is 5.72. The van der Waals surface area contributed by atoms with E-state index in [2.05, 4.69) is 15.2 Å². The molecule has 0 aromatic carbocycles. The van der Waals surface area contributed by atoms with Crippen molar-refractivity contribution in [2.75, 3.05) is 23.3 Å². The minimum absolute atomic E-state index is 0.0290. The Morgan fingerprint density at radius 3 is 3.06 bits per heavy atom. The molecule has 0 aliphatic carbocycles. The number of carbonyl (C=O) groups is 1. The minimum Gasteiger partial charge on any atom is -0.354 e. The lowest BCUT2D eigenvalue weighted by molar-refractivity contribution is -0.119. The molecule has 16 heavy (non-hydrogen) atoms. The third-order valence-electron chi connectivity index (χ3n) is 2.72. The predicted molar refractivity (Wildman–Crippen MR) is 64.9 cm³/mol. The van der Waals surface area contributed by atoms with E-state index in [4.69, 9.17) is 11.6 Å². The van der Waals surface area contributed by atoms with Crippen molar-refractivity contribution in [2.45, 2.75) is 13.8 Å². The summed E-state index contributed by atoms with van der Waals surface area (Å²) in [5.41, 5.74) is 0.737. The molecule has 1 N–H and O–H groups in total. The number of rotatable bonds is 1. The Morgan fingerprint density at radius 2 is 2.38 bits per heavy atom. The summed E-state index contributed by atoms with van der Waals surface area (Å²) in [6.45, 7) is 5.42. The van der Waals surface area contributed by atoms with Crippen LogP contribution in [0.4, 0.5) is 11.5 Å². The van der Waals surface area contributed by atoms with E-state index in [0.717, 1.165) is 18.1 Å². The molecule has 1 aliphatic rings. The van der Waals surface area contributed by atoms with Gasteiger partial charge in [0.25, 0.3) is 0 Å². The summed E-state index contributed by atoms with van der Waals surface area (Å²) in [6, 6.07) is 3.48. The molecule has 0 radical (unpaired) electrons. The van der Waals surface area contributed by atoms with Crippen LogP contribution in [-0.2, 0) is 4.79 Å². The molecule has 1 unspecified atom stereocenters. The zero-order valence-electron chi connectivity index (χ0n) is 9.33. The zero-order chi connectivity index (χ0) is 11.7. The van der Waals surface area contributed by atoms with Crippen LogP contribution in [0.5, 0.6) is 0 Å². The fourth-order valence-electron chi connectivity index (χ4n) is 1.80. The Hall–Kier alpha value is -1.29. The van der Waals surface area contributed by atoms with E-state index in [1.165, 1.54) is 0 Å². The van der Waals surface area contributed by atoms with Gasteiger partial charge in [0.05, 0.1) is 11.6 Å². The van der Waals surface area contributed by atoms with E-state index in [9.17, 15) is 4.79 Å². The number of carbonyl (C=O) groups excluding carboxylic acids is 1. The quantitative estimate of drug-likeness (QED) is 0.764. The molecule has 1 atom stereocenters. The van der Waals surface area contributed by atoms with Gasteiger partial charge in [0.1, 0.15) is 5.15 Å². The molecule has 86 valence electrons. The molecule has 1 aliphatic heterocycles. The van der Waals surface area contributed by atoms with Gasteiger partial charge in [-0.15, -0.1) is 0 Å². The van der Waals surface area contributed by atoms with Crippen molar-refractivity contribution in [1.82, 2.24) is 4.98 Å². The molecular weight excluding hydrogens is 226 g/mol. The van der Waals surface area contributed by atoms with E-state index in [1.807, 2.05) is 13.8 Å². The van der Waals surface area contributed by atoms with Gasteiger partial charge in [0.15, 0.2) is 5.82 Å². The molecule has 2 rings (SSSR count). The molecule has 0 saturated heterocycles. The molecule has 2 heterocycles. The smallest absolute Gasteiger partial charge is 0.229 e. The van der Waals surface area contributed by atoms with Crippen molar-refractivity contribution in [1.29, 1.82) is 0 Å². The average Bonchev–Trinajstić information content (AvgIpc) is 2.38. The summed E-state index contributed by atoms with van der Waals surface area (Å²) in [4.78, 5) is 18.1. The van der Waals surface area contributed by atoms with Crippen molar-refractivity contribution < 1.29 is 4.79 Å². The van der Waals surface area contributed by atoms with E-state index < -0.39 is 0 Å². The van der Waals surface area contributed by atoms with Crippen LogP contribution < -0.4 is 10.2 Å². The Labute approximate surface area is 99.6 Å². The maximum Gasteiger partial charge on any atom is 0.229 e. The predicted octanol–water partition coefficient (Wildman–Crippen LogP) is 2.15. The molecule has 0 spiro atoms. The van der Waals surface area contributed by atoms with Crippen molar-refractivity contribution in [3.8, 4) is 0 Å². The highest BCUT2D eigenvalue weighted by atomic mass is 35.5. The topological polar surface area (TPSA) is 45.2 Å². The van der Waals surface area contributed by atoms with Crippen LogP contribution >= 0.6 is 11.6 Å². The third kappa shape index (κ3) is 1.97. The molecule has 1 amide bonds. The van der Waals surface area contributed by atoms with Crippen molar-refractivity contribution in [3.63, 3.8) is 0 Å². The minimum atomic E-state index is -0.0482. The number of anilines is 2. The SMILES string of the molecule is CCN1CC(C)C(=O)Nc2ccc(Cl)nc21. The average molecular weight is 240 g/mol. The van der Waals surface area contributed by atoms with E-state index in [0.29, 0.717) is 11.7 Å². The van der Waals surface area contributed by atoms with Crippen molar-refractivity contribution in [3.05, 3.63) is 17.3 Å². The van der Waals surface area contributed by atoms with Gasteiger partial charge >= 0.3 is 0 Å². The number of amides is 1. The summed E-state index contributed by atoms with van der Waals surface area (Å²) in [5, 5.41) is 3.31. The van der Waals surface area contributed by atoms with Gasteiger partial charge in [-0.25, -0.2) is 4.98 Å². The van der Waals surface area contributed by atoms with Gasteiger partial charge in [0.2, 0.25) is 5.91 Å². The summed E-state index contributed by atoms with van der Waals surface area (Å²) >= 11 is 5.87. The number of hydrogen-bond donors (Lipinski definition) is 1. The number of hydrogen-bond acceptors (Lipinski definition) is 3. The van der Waals surface area contributed by atoms with Crippen LogP contribution in [0.3, 0.4) is 0 Å². The van der Waals surface area contributed by atoms with Crippen LogP contribution in [0.25, 0.3) is 0 Å². The first kappa shape index (κ1) is 11.2. The van der Waals surface area contributed by atoms with E-state index in [1.54, 1.807) is 12.1 Å². The Balaban J connectivity index is 2.46. The maximum atomic E-state index is 11.7. The highest BCUT2D eigenvalue weighted by molar-refractivity contribution is 6.29. The Bertz CT molecular complexity index is 422. The van der Waals surface area contributed by atoms with Gasteiger partial charge in [-0.3, -0.25) is 4.79 Å². The molecule has 0 fully saturated rings. The van der Waals surface area contributed by atoms with Crippen LogP contribution in [0, 0.1) is 5.92 Å². The van der Waals surface area contributed by atoms with Crippen LogP contribution in [0.1, 0.15) is 13.8 Å². The van der Waals surface area contributed by atoms with E-state index in [-0.39, 0.29) is 11.8 Å². The molecule has 0 bridgehead atoms. The standard InChI is InChI=1S/C11H14ClN3O/c1-3-15-6-7(2)11(16)13-8-4-5-9(12)14-10(8)15/h4-5,7H,3,6H2,1-2H3,(H,13,16). The number of pyridine rings is 1. The normalized spacial score (nSPS) is 20.1. The molecular formula is C11H14ClN3O. The lowest BCUT2D eigenvalue weighted by Crippen LogP contribution is -2.30. The molecule has 4 nitrogen and oxygen atoms in total. The fourth-order valence-corrected chi connectivity index (χ4v) is 1.94. The fraction of sp³-hybridized carbons (Fsp3) is 0.455. The zero-order valence-corrected chi connectivity index (χ0v) is 10.1. The first-order valence-electron chi connectivity index (χ1n) is 5.34. The number of halogens is 1. The lowest BCUT2D eigenvalue weighted by Gasteiger charge is -2.22. The third-order valence-corrected chi connectivity index (χ3v) is 2.93. The highest BCUT2D eigenvalue weighted by Gasteiger charge is 2.24. The second-order valence-corrected chi connectivity index (χ2v) is 4.32. The van der Waals surface area contributed by atoms with Gasteiger partial charge in [-0.2, -0.15) is 0 Å². The molecule has 0 saturated carbocycles. The van der Waals surface area contributed by atoms with Crippen molar-refractivity contribution >= 4 is 29.0 Å². The second kappa shape index (κ2) is 4.29. The van der Waals surface area contributed by atoms with Gasteiger partial charge in [-0.05, 0) is 19.1 Å². The molecule has 1 aromatic heterocycles. The monoisotopic (exact) mass is 239 g/mol.